The maximum atomic E-state index is 12.1. The van der Waals surface area contributed by atoms with Crippen LogP contribution in [0.25, 0.3) is 0 Å². The highest BCUT2D eigenvalue weighted by molar-refractivity contribution is 5.81. The topological polar surface area (TPSA) is 61.5 Å². The summed E-state index contributed by atoms with van der Waals surface area (Å²) in [6, 6.07) is 0. The van der Waals surface area contributed by atoms with Gasteiger partial charge >= 0.3 is 5.97 Å². The molecule has 2 bridgehead atoms. The van der Waals surface area contributed by atoms with Crippen molar-refractivity contribution in [2.75, 3.05) is 13.7 Å². The van der Waals surface area contributed by atoms with E-state index in [1.54, 1.807) is 0 Å². The van der Waals surface area contributed by atoms with E-state index in [4.69, 9.17) is 15.2 Å². The van der Waals surface area contributed by atoms with Crippen LogP contribution in [0.3, 0.4) is 0 Å². The summed E-state index contributed by atoms with van der Waals surface area (Å²) < 4.78 is 11.2. The predicted octanol–water partition coefficient (Wildman–Crippen LogP) is 2.50. The molecular weight excluding hydrogens is 266 g/mol. The van der Waals surface area contributed by atoms with Crippen molar-refractivity contribution in [3.8, 4) is 0 Å². The van der Waals surface area contributed by atoms with Crippen molar-refractivity contribution < 1.29 is 14.3 Å². The molecule has 21 heavy (non-hydrogen) atoms. The molecular formula is C17H29NO3. The summed E-state index contributed by atoms with van der Waals surface area (Å²) in [5, 5.41) is 0. The number of fused-ring (bicyclic) bond motifs is 2. The second-order valence-corrected chi connectivity index (χ2v) is 8.22. The molecule has 3 aliphatic rings. The first-order valence-corrected chi connectivity index (χ1v) is 8.24. The molecule has 120 valence electrons. The zero-order chi connectivity index (χ0) is 15.5. The third-order valence-corrected chi connectivity index (χ3v) is 7.11. The Morgan fingerprint density at radius 2 is 1.95 bits per heavy atom. The molecule has 4 atom stereocenters. The molecule has 0 radical (unpaired) electrons. The summed E-state index contributed by atoms with van der Waals surface area (Å²) in [7, 11) is 1.41. The van der Waals surface area contributed by atoms with Crippen molar-refractivity contribution in [3.05, 3.63) is 0 Å². The van der Waals surface area contributed by atoms with Gasteiger partial charge in [0.25, 0.3) is 0 Å². The Balaban J connectivity index is 1.69. The predicted molar refractivity (Wildman–Crippen MR) is 80.6 cm³/mol. The lowest BCUT2D eigenvalue weighted by molar-refractivity contribution is -0.154. The van der Waals surface area contributed by atoms with Gasteiger partial charge in [0.05, 0.1) is 19.8 Å². The third-order valence-electron chi connectivity index (χ3n) is 7.11. The van der Waals surface area contributed by atoms with Crippen molar-refractivity contribution in [2.24, 2.45) is 28.4 Å². The van der Waals surface area contributed by atoms with Crippen LogP contribution in [0.1, 0.15) is 52.9 Å². The molecule has 4 nitrogen and oxygen atoms in total. The van der Waals surface area contributed by atoms with Crippen LogP contribution in [-0.2, 0) is 14.3 Å². The van der Waals surface area contributed by atoms with Gasteiger partial charge in [-0.25, -0.2) is 4.79 Å². The van der Waals surface area contributed by atoms with E-state index in [-0.39, 0.29) is 23.4 Å². The van der Waals surface area contributed by atoms with Gasteiger partial charge in [0, 0.05) is 0 Å². The van der Waals surface area contributed by atoms with E-state index in [1.807, 2.05) is 0 Å². The molecule has 3 rings (SSSR count). The normalized spacial score (nSPS) is 40.0. The maximum Gasteiger partial charge on any atom is 0.328 e. The Hall–Kier alpha value is -0.610. The fourth-order valence-corrected chi connectivity index (χ4v) is 4.75. The fraction of sp³-hybridized carbons (Fsp3) is 0.941. The molecule has 2 N–H and O–H groups in total. The Kier molecular flexibility index (Phi) is 3.42. The van der Waals surface area contributed by atoms with Gasteiger partial charge < -0.3 is 15.2 Å². The van der Waals surface area contributed by atoms with Crippen LogP contribution in [0.15, 0.2) is 0 Å². The monoisotopic (exact) mass is 295 g/mol. The average molecular weight is 295 g/mol. The number of methoxy groups -OCH3 is 1. The van der Waals surface area contributed by atoms with E-state index in [2.05, 4.69) is 20.8 Å². The molecule has 3 aliphatic carbocycles. The van der Waals surface area contributed by atoms with Crippen molar-refractivity contribution in [1.29, 1.82) is 0 Å². The van der Waals surface area contributed by atoms with Crippen molar-refractivity contribution in [2.45, 2.75) is 64.5 Å². The van der Waals surface area contributed by atoms with Gasteiger partial charge in [-0.15, -0.1) is 0 Å². The van der Waals surface area contributed by atoms with E-state index in [0.717, 1.165) is 25.2 Å². The van der Waals surface area contributed by atoms with Crippen molar-refractivity contribution in [3.63, 3.8) is 0 Å². The molecule has 0 amide bonds. The van der Waals surface area contributed by atoms with Crippen LogP contribution in [0.2, 0.25) is 0 Å². The molecule has 0 heterocycles. The Bertz CT molecular complexity index is 445. The van der Waals surface area contributed by atoms with Crippen molar-refractivity contribution >= 4 is 5.97 Å². The molecule has 0 aromatic carbocycles. The van der Waals surface area contributed by atoms with Crippen molar-refractivity contribution in [1.82, 2.24) is 0 Å². The first kappa shape index (κ1) is 15.3. The summed E-state index contributed by atoms with van der Waals surface area (Å²) in [6.45, 7) is 7.38. The molecule has 4 heteroatoms. The van der Waals surface area contributed by atoms with E-state index in [9.17, 15) is 4.79 Å². The summed E-state index contributed by atoms with van der Waals surface area (Å²) in [5.41, 5.74) is 5.92. The van der Waals surface area contributed by atoms with Gasteiger partial charge in [-0.2, -0.15) is 0 Å². The summed E-state index contributed by atoms with van der Waals surface area (Å²) in [5.74, 6) is 0.639. The molecule has 0 spiro atoms. The second-order valence-electron chi connectivity index (χ2n) is 8.22. The van der Waals surface area contributed by atoms with Gasteiger partial charge in [-0.1, -0.05) is 20.8 Å². The molecule has 0 aromatic rings. The molecule has 0 aromatic heterocycles. The summed E-state index contributed by atoms with van der Waals surface area (Å²) >= 11 is 0. The zero-order valence-electron chi connectivity index (χ0n) is 13.8. The Morgan fingerprint density at radius 3 is 2.38 bits per heavy atom. The number of hydrogen-bond donors (Lipinski definition) is 1. The van der Waals surface area contributed by atoms with E-state index in [1.165, 1.54) is 20.0 Å². The molecule has 3 fully saturated rings. The Morgan fingerprint density at radius 1 is 1.29 bits per heavy atom. The number of esters is 1. The minimum atomic E-state index is -0.947. The van der Waals surface area contributed by atoms with Gasteiger partial charge in [-0.3, -0.25) is 0 Å². The summed E-state index contributed by atoms with van der Waals surface area (Å²) in [4.78, 5) is 12.1. The number of carbonyl (C=O) groups excluding carboxylic acids is 1. The van der Waals surface area contributed by atoms with Crippen LogP contribution in [0, 0.1) is 22.7 Å². The van der Waals surface area contributed by atoms with Crippen LogP contribution in [-0.4, -0.2) is 31.3 Å². The lowest BCUT2D eigenvalue weighted by Gasteiger charge is -2.40. The van der Waals surface area contributed by atoms with E-state index in [0.29, 0.717) is 12.0 Å². The smallest absolute Gasteiger partial charge is 0.328 e. The average Bonchev–Trinajstić information content (AvgIpc) is 3.24. The molecule has 0 saturated heterocycles. The first-order chi connectivity index (χ1) is 9.75. The zero-order valence-corrected chi connectivity index (χ0v) is 13.8. The van der Waals surface area contributed by atoms with Crippen LogP contribution in [0.4, 0.5) is 0 Å². The van der Waals surface area contributed by atoms with Gasteiger partial charge in [-0.05, 0) is 54.8 Å². The number of carbonyl (C=O) groups is 1. The van der Waals surface area contributed by atoms with E-state index < -0.39 is 5.54 Å². The molecule has 0 aliphatic heterocycles. The largest absolute Gasteiger partial charge is 0.468 e. The standard InChI is InChI=1S/C17H29NO3/c1-15(2)12-7-8-16(15,3)13(9-12)21-10-17(18,11-5-6-11)14(19)20-4/h11-13H,5-10,18H2,1-4H3. The van der Waals surface area contributed by atoms with Crippen LogP contribution < -0.4 is 5.73 Å². The lowest BCUT2D eigenvalue weighted by atomic mass is 9.70. The lowest BCUT2D eigenvalue weighted by Crippen LogP contribution is -2.56. The molecule has 3 saturated carbocycles. The quantitative estimate of drug-likeness (QED) is 0.792. The molecule has 4 unspecified atom stereocenters. The number of hydrogen-bond acceptors (Lipinski definition) is 4. The highest BCUT2D eigenvalue weighted by Crippen LogP contribution is 2.66. The third kappa shape index (κ3) is 2.06. The summed E-state index contributed by atoms with van der Waals surface area (Å²) in [6.07, 6.45) is 5.85. The van der Waals surface area contributed by atoms with Gasteiger partial charge in [0.15, 0.2) is 0 Å². The number of rotatable bonds is 5. The van der Waals surface area contributed by atoms with Crippen LogP contribution >= 0.6 is 0 Å². The van der Waals surface area contributed by atoms with Crippen LogP contribution in [0.5, 0.6) is 0 Å². The minimum Gasteiger partial charge on any atom is -0.468 e. The maximum absolute atomic E-state index is 12.1. The number of ether oxygens (including phenoxy) is 2. The second kappa shape index (κ2) is 4.69. The highest BCUT2D eigenvalue weighted by atomic mass is 16.5. The highest BCUT2D eigenvalue weighted by Gasteiger charge is 2.62. The minimum absolute atomic E-state index is 0.207. The number of nitrogens with two attached hydrogens (primary N) is 1. The SMILES string of the molecule is COC(=O)C(N)(COC1CC2CCC1(C)C2(C)C)C1CC1. The Labute approximate surface area is 127 Å². The van der Waals surface area contributed by atoms with E-state index >= 15 is 0 Å². The van der Waals surface area contributed by atoms with Gasteiger partial charge in [0.2, 0.25) is 0 Å². The first-order valence-electron chi connectivity index (χ1n) is 8.24. The van der Waals surface area contributed by atoms with Gasteiger partial charge in [0.1, 0.15) is 5.54 Å². The fourth-order valence-electron chi connectivity index (χ4n) is 4.75.